The van der Waals surface area contributed by atoms with Gasteiger partial charge in [0.15, 0.2) is 0 Å². The highest BCUT2D eigenvalue weighted by Gasteiger charge is 2.22. The number of aromatic nitrogens is 2. The van der Waals surface area contributed by atoms with Crippen molar-refractivity contribution < 1.29 is 14.3 Å². The van der Waals surface area contributed by atoms with Gasteiger partial charge in [-0.3, -0.25) is 14.4 Å². The number of hydrogen-bond acceptors (Lipinski definition) is 6. The van der Waals surface area contributed by atoms with E-state index in [9.17, 15) is 14.4 Å². The molecule has 108 valence electrons. The third-order valence-electron chi connectivity index (χ3n) is 2.83. The molecule has 1 saturated heterocycles. The molecule has 1 aliphatic heterocycles. The zero-order valence-corrected chi connectivity index (χ0v) is 12.3. The summed E-state index contributed by atoms with van der Waals surface area (Å²) in [5.41, 5.74) is 0.0373. The fourth-order valence-electron chi connectivity index (χ4n) is 1.79. The summed E-state index contributed by atoms with van der Waals surface area (Å²) in [6.45, 7) is 0.244. The smallest absolute Gasteiger partial charge is 0.327 e. The van der Waals surface area contributed by atoms with Gasteiger partial charge < -0.3 is 15.4 Å². The molecule has 1 atom stereocenters. The first-order valence-electron chi connectivity index (χ1n) is 5.87. The zero-order chi connectivity index (χ0) is 14.7. The van der Waals surface area contributed by atoms with Crippen LogP contribution in [0.5, 0.6) is 0 Å². The van der Waals surface area contributed by atoms with Crippen molar-refractivity contribution in [1.29, 1.82) is 0 Å². The number of amides is 1. The standard InChI is InChI=1S/C11H13BrN4O4/c1-20-9(18)5-16-11(19)10(12)7(4-14-16)15-6-2-8(17)13-3-6/h4,6,15H,2-3,5H2,1H3,(H,13,17). The van der Waals surface area contributed by atoms with E-state index in [4.69, 9.17) is 0 Å². The predicted octanol–water partition coefficient (Wildman–Crippen LogP) is -0.521. The van der Waals surface area contributed by atoms with E-state index in [1.54, 1.807) is 0 Å². The molecule has 2 N–H and O–H groups in total. The maximum Gasteiger partial charge on any atom is 0.327 e. The minimum Gasteiger partial charge on any atom is -0.468 e. The van der Waals surface area contributed by atoms with Gasteiger partial charge in [0.1, 0.15) is 11.0 Å². The molecule has 1 aromatic heterocycles. The van der Waals surface area contributed by atoms with Crippen LogP contribution < -0.4 is 16.2 Å². The number of halogens is 1. The Morgan fingerprint density at radius 3 is 3.00 bits per heavy atom. The second kappa shape index (κ2) is 6.04. The van der Waals surface area contributed by atoms with Crippen LogP contribution in [0.3, 0.4) is 0 Å². The quantitative estimate of drug-likeness (QED) is 0.712. The molecule has 1 amide bonds. The Balaban J connectivity index is 2.16. The van der Waals surface area contributed by atoms with Crippen LogP contribution in [0.15, 0.2) is 15.5 Å². The monoisotopic (exact) mass is 344 g/mol. The highest BCUT2D eigenvalue weighted by Crippen LogP contribution is 2.18. The Morgan fingerprint density at radius 1 is 1.65 bits per heavy atom. The van der Waals surface area contributed by atoms with Gasteiger partial charge in [-0.2, -0.15) is 5.10 Å². The summed E-state index contributed by atoms with van der Waals surface area (Å²) in [7, 11) is 1.24. The molecule has 0 radical (unpaired) electrons. The van der Waals surface area contributed by atoms with Gasteiger partial charge >= 0.3 is 5.97 Å². The number of carbonyl (C=O) groups is 2. The van der Waals surface area contributed by atoms with Crippen LogP contribution in [0.1, 0.15) is 6.42 Å². The number of nitrogens with one attached hydrogen (secondary N) is 2. The van der Waals surface area contributed by atoms with E-state index in [-0.39, 0.29) is 23.0 Å². The highest BCUT2D eigenvalue weighted by atomic mass is 79.9. The van der Waals surface area contributed by atoms with Crippen molar-refractivity contribution in [3.63, 3.8) is 0 Å². The second-order valence-electron chi connectivity index (χ2n) is 4.26. The second-order valence-corrected chi connectivity index (χ2v) is 5.05. The molecule has 1 fully saturated rings. The Hall–Kier alpha value is -1.90. The van der Waals surface area contributed by atoms with E-state index in [1.165, 1.54) is 13.3 Å². The number of anilines is 1. The molecular formula is C11H13BrN4O4. The minimum absolute atomic E-state index is 0.0365. The molecule has 1 unspecified atom stereocenters. The fourth-order valence-corrected chi connectivity index (χ4v) is 2.21. The topological polar surface area (TPSA) is 102 Å². The largest absolute Gasteiger partial charge is 0.468 e. The van der Waals surface area contributed by atoms with Crippen LogP contribution in [0.25, 0.3) is 0 Å². The number of esters is 1. The van der Waals surface area contributed by atoms with Crippen LogP contribution in [-0.2, 0) is 20.9 Å². The lowest BCUT2D eigenvalue weighted by Gasteiger charge is -2.13. The first kappa shape index (κ1) is 14.5. The molecule has 9 heteroatoms. The van der Waals surface area contributed by atoms with Crippen molar-refractivity contribution in [3.05, 3.63) is 21.0 Å². The van der Waals surface area contributed by atoms with Crippen molar-refractivity contribution in [3.8, 4) is 0 Å². The summed E-state index contributed by atoms with van der Waals surface area (Å²) < 4.78 is 5.74. The molecule has 0 saturated carbocycles. The average Bonchev–Trinajstić information content (AvgIpc) is 2.83. The third kappa shape index (κ3) is 3.16. The van der Waals surface area contributed by atoms with E-state index in [0.29, 0.717) is 18.7 Å². The Labute approximate surface area is 122 Å². The van der Waals surface area contributed by atoms with Crippen LogP contribution in [0.4, 0.5) is 5.69 Å². The first-order valence-corrected chi connectivity index (χ1v) is 6.66. The Morgan fingerprint density at radius 2 is 2.40 bits per heavy atom. The maximum absolute atomic E-state index is 12.0. The molecule has 0 aromatic carbocycles. The van der Waals surface area contributed by atoms with Crippen LogP contribution in [-0.4, -0.2) is 41.4 Å². The number of ether oxygens (including phenoxy) is 1. The van der Waals surface area contributed by atoms with Crippen molar-refractivity contribution in [2.75, 3.05) is 19.0 Å². The molecule has 20 heavy (non-hydrogen) atoms. The van der Waals surface area contributed by atoms with Crippen molar-refractivity contribution >= 4 is 33.5 Å². The molecule has 2 rings (SSSR count). The summed E-state index contributed by atoms with van der Waals surface area (Å²) in [6, 6.07) is -0.0866. The molecule has 2 heterocycles. The van der Waals surface area contributed by atoms with Crippen LogP contribution in [0, 0.1) is 0 Å². The average molecular weight is 345 g/mol. The molecule has 1 aliphatic rings. The predicted molar refractivity (Wildman–Crippen MR) is 73.3 cm³/mol. The van der Waals surface area contributed by atoms with E-state index < -0.39 is 11.5 Å². The summed E-state index contributed by atoms with van der Waals surface area (Å²) >= 11 is 3.17. The molecule has 0 aliphatic carbocycles. The summed E-state index contributed by atoms with van der Waals surface area (Å²) in [4.78, 5) is 34.3. The Kier molecular flexibility index (Phi) is 4.38. The summed E-state index contributed by atoms with van der Waals surface area (Å²) in [5, 5.41) is 9.63. The minimum atomic E-state index is -0.558. The third-order valence-corrected chi connectivity index (χ3v) is 3.59. The van der Waals surface area contributed by atoms with Crippen molar-refractivity contribution in [1.82, 2.24) is 15.1 Å². The number of methoxy groups -OCH3 is 1. The van der Waals surface area contributed by atoms with E-state index in [2.05, 4.69) is 36.4 Å². The van der Waals surface area contributed by atoms with Gasteiger partial charge in [-0.1, -0.05) is 0 Å². The van der Waals surface area contributed by atoms with E-state index in [1.807, 2.05) is 0 Å². The molecular weight excluding hydrogens is 332 g/mol. The lowest BCUT2D eigenvalue weighted by Crippen LogP contribution is -2.30. The maximum atomic E-state index is 12.0. The number of nitrogens with zero attached hydrogens (tertiary/aromatic N) is 2. The van der Waals surface area contributed by atoms with Crippen molar-refractivity contribution in [2.24, 2.45) is 0 Å². The summed E-state index contributed by atoms with van der Waals surface area (Å²) in [5.74, 6) is -0.594. The highest BCUT2D eigenvalue weighted by molar-refractivity contribution is 9.10. The molecule has 1 aromatic rings. The SMILES string of the molecule is COC(=O)Cn1ncc(NC2CNC(=O)C2)c(Br)c1=O. The number of rotatable bonds is 4. The zero-order valence-electron chi connectivity index (χ0n) is 10.7. The number of carbonyl (C=O) groups excluding carboxylic acids is 2. The fraction of sp³-hybridized carbons (Fsp3) is 0.455. The van der Waals surface area contributed by atoms with Gasteiger partial charge in [0, 0.05) is 13.0 Å². The van der Waals surface area contributed by atoms with Crippen LogP contribution >= 0.6 is 15.9 Å². The van der Waals surface area contributed by atoms with E-state index in [0.717, 1.165) is 4.68 Å². The number of hydrogen-bond donors (Lipinski definition) is 2. The summed E-state index contributed by atoms with van der Waals surface area (Å²) in [6.07, 6.45) is 1.77. The first-order chi connectivity index (χ1) is 9.51. The van der Waals surface area contributed by atoms with Gasteiger partial charge in [0.2, 0.25) is 5.91 Å². The van der Waals surface area contributed by atoms with Crippen LogP contribution in [0.2, 0.25) is 0 Å². The van der Waals surface area contributed by atoms with Gasteiger partial charge in [0.05, 0.1) is 25.0 Å². The van der Waals surface area contributed by atoms with Gasteiger partial charge in [0.25, 0.3) is 5.56 Å². The van der Waals surface area contributed by atoms with Gasteiger partial charge in [-0.15, -0.1) is 0 Å². The molecule has 0 bridgehead atoms. The van der Waals surface area contributed by atoms with Gasteiger partial charge in [-0.05, 0) is 15.9 Å². The lowest BCUT2D eigenvalue weighted by atomic mass is 10.2. The van der Waals surface area contributed by atoms with E-state index >= 15 is 0 Å². The molecule has 0 spiro atoms. The van der Waals surface area contributed by atoms with Crippen molar-refractivity contribution in [2.45, 2.75) is 19.0 Å². The lowest BCUT2D eigenvalue weighted by molar-refractivity contribution is -0.141. The van der Waals surface area contributed by atoms with Gasteiger partial charge in [-0.25, -0.2) is 4.68 Å². The Bertz CT molecular complexity index is 601. The molecule has 8 nitrogen and oxygen atoms in total. The normalized spacial score (nSPS) is 17.7.